The third-order valence-electron chi connectivity index (χ3n) is 1.54. The van der Waals surface area contributed by atoms with Gasteiger partial charge in [0.1, 0.15) is 0 Å². The van der Waals surface area contributed by atoms with E-state index < -0.39 is 26.9 Å². The lowest BCUT2D eigenvalue weighted by Crippen LogP contribution is -2.02. The first-order valence-electron chi connectivity index (χ1n) is 3.80. The van der Waals surface area contributed by atoms with Crippen molar-refractivity contribution in [3.05, 3.63) is 28.3 Å². The van der Waals surface area contributed by atoms with E-state index in [1.54, 1.807) is 0 Å². The molecular formula is C7H6FNO6S. The van der Waals surface area contributed by atoms with Crippen molar-refractivity contribution in [1.82, 2.24) is 0 Å². The molecule has 16 heavy (non-hydrogen) atoms. The smallest absolute Gasteiger partial charge is 0.488 e. The van der Waals surface area contributed by atoms with Crippen molar-refractivity contribution >= 4 is 16.2 Å². The van der Waals surface area contributed by atoms with Crippen LogP contribution in [0.15, 0.2) is 18.2 Å². The molecule has 0 radical (unpaired) electrons. The largest absolute Gasteiger partial charge is 0.490 e. The number of halogens is 1. The van der Waals surface area contributed by atoms with Gasteiger partial charge in [-0.1, -0.05) is 3.89 Å². The summed E-state index contributed by atoms with van der Waals surface area (Å²) in [5.41, 5.74) is -0.524. The second-order valence-corrected chi connectivity index (χ2v) is 3.52. The second kappa shape index (κ2) is 4.31. The van der Waals surface area contributed by atoms with Crippen LogP contribution < -0.4 is 8.92 Å². The van der Waals surface area contributed by atoms with Gasteiger partial charge in [0.15, 0.2) is 11.5 Å². The van der Waals surface area contributed by atoms with E-state index in [1.165, 1.54) is 7.11 Å². The number of methoxy groups -OCH3 is 1. The average molecular weight is 251 g/mol. The highest BCUT2D eigenvalue weighted by molar-refractivity contribution is 7.81. The Balaban J connectivity index is 3.17. The minimum absolute atomic E-state index is 0.0893. The van der Waals surface area contributed by atoms with Gasteiger partial charge >= 0.3 is 16.2 Å². The Kier molecular flexibility index (Phi) is 3.28. The summed E-state index contributed by atoms with van der Waals surface area (Å²) < 4.78 is 40.9. The van der Waals surface area contributed by atoms with Gasteiger partial charge in [-0.2, -0.15) is 8.42 Å². The third-order valence-corrected chi connectivity index (χ3v) is 1.93. The molecule has 0 fully saturated rings. The molecule has 9 heteroatoms. The number of nitro benzene ring substituents is 1. The number of hydrogen-bond donors (Lipinski definition) is 0. The molecular weight excluding hydrogens is 245 g/mol. The highest BCUT2D eigenvalue weighted by Gasteiger charge is 2.18. The van der Waals surface area contributed by atoms with Crippen LogP contribution in [-0.2, 0) is 10.5 Å². The highest BCUT2D eigenvalue weighted by atomic mass is 32.3. The molecule has 0 bridgehead atoms. The van der Waals surface area contributed by atoms with Crippen LogP contribution in [0.25, 0.3) is 0 Å². The van der Waals surface area contributed by atoms with Crippen LogP contribution in [0.2, 0.25) is 0 Å². The summed E-state index contributed by atoms with van der Waals surface area (Å²) >= 11 is 0. The summed E-state index contributed by atoms with van der Waals surface area (Å²) in [4.78, 5) is 9.72. The molecule has 0 unspecified atom stereocenters. The lowest BCUT2D eigenvalue weighted by molar-refractivity contribution is -0.385. The van der Waals surface area contributed by atoms with E-state index in [2.05, 4.69) is 8.92 Å². The van der Waals surface area contributed by atoms with Crippen LogP contribution >= 0.6 is 0 Å². The predicted molar refractivity (Wildman–Crippen MR) is 50.3 cm³/mol. The summed E-state index contributed by atoms with van der Waals surface area (Å²) in [7, 11) is -4.00. The molecule has 0 atom stereocenters. The van der Waals surface area contributed by atoms with E-state index >= 15 is 0 Å². The van der Waals surface area contributed by atoms with Crippen molar-refractivity contribution in [3.8, 4) is 11.5 Å². The molecule has 0 spiro atoms. The SMILES string of the molecule is COc1ccc(OS(=O)(=O)F)cc1[N+](=O)[O-]. The van der Waals surface area contributed by atoms with Gasteiger partial charge in [0, 0.05) is 0 Å². The molecule has 0 aromatic heterocycles. The highest BCUT2D eigenvalue weighted by Crippen LogP contribution is 2.31. The Bertz CT molecular complexity index is 514. The number of hydrogen-bond acceptors (Lipinski definition) is 6. The normalized spacial score (nSPS) is 10.9. The lowest BCUT2D eigenvalue weighted by atomic mass is 10.3. The van der Waals surface area contributed by atoms with Crippen molar-refractivity contribution < 1.29 is 26.1 Å². The van der Waals surface area contributed by atoms with Crippen molar-refractivity contribution in [2.24, 2.45) is 0 Å². The average Bonchev–Trinajstić information content (AvgIpc) is 2.15. The molecule has 0 aliphatic carbocycles. The summed E-state index contributed by atoms with van der Waals surface area (Å²) in [6.45, 7) is 0. The Morgan fingerprint density at radius 1 is 1.44 bits per heavy atom. The standard InChI is InChI=1S/C7H6FNO6S/c1-14-7-3-2-5(15-16(8,12)13)4-6(7)9(10)11/h2-4H,1H3. The van der Waals surface area contributed by atoms with Gasteiger partial charge < -0.3 is 8.92 Å². The number of ether oxygens (including phenoxy) is 1. The number of nitrogens with zero attached hydrogens (tertiary/aromatic N) is 1. The van der Waals surface area contributed by atoms with Gasteiger partial charge in [-0.15, -0.1) is 0 Å². The number of nitro groups is 1. The van der Waals surface area contributed by atoms with Crippen LogP contribution in [0.4, 0.5) is 9.57 Å². The quantitative estimate of drug-likeness (QED) is 0.453. The minimum atomic E-state index is -5.20. The summed E-state index contributed by atoms with van der Waals surface area (Å²) in [5, 5.41) is 10.5. The first kappa shape index (κ1) is 12.2. The monoisotopic (exact) mass is 251 g/mol. The van der Waals surface area contributed by atoms with E-state index in [0.29, 0.717) is 0 Å². The molecule has 0 amide bonds. The van der Waals surface area contributed by atoms with Crippen molar-refractivity contribution in [1.29, 1.82) is 0 Å². The summed E-state index contributed by atoms with van der Waals surface area (Å²) in [6.07, 6.45) is 0. The zero-order valence-corrected chi connectivity index (χ0v) is 8.73. The Labute approximate surface area is 90.0 Å². The molecule has 0 aliphatic rings. The lowest BCUT2D eigenvalue weighted by Gasteiger charge is -2.03. The fourth-order valence-electron chi connectivity index (χ4n) is 0.979. The van der Waals surface area contributed by atoms with Crippen molar-refractivity contribution in [2.45, 2.75) is 0 Å². The predicted octanol–water partition coefficient (Wildman–Crippen LogP) is 1.20. The van der Waals surface area contributed by atoms with Gasteiger partial charge in [0.25, 0.3) is 0 Å². The molecule has 88 valence electrons. The maximum absolute atomic E-state index is 12.1. The maximum atomic E-state index is 12.1. The maximum Gasteiger partial charge on any atom is 0.488 e. The first-order valence-corrected chi connectivity index (χ1v) is 5.11. The van der Waals surface area contributed by atoms with E-state index in [0.717, 1.165) is 18.2 Å². The Morgan fingerprint density at radius 3 is 2.50 bits per heavy atom. The molecule has 0 N–H and O–H groups in total. The minimum Gasteiger partial charge on any atom is -0.490 e. The topological polar surface area (TPSA) is 95.7 Å². The molecule has 1 rings (SSSR count). The van der Waals surface area contributed by atoms with E-state index in [-0.39, 0.29) is 5.75 Å². The second-order valence-electron chi connectivity index (χ2n) is 2.57. The van der Waals surface area contributed by atoms with Gasteiger partial charge in [-0.3, -0.25) is 10.1 Å². The molecule has 0 heterocycles. The fourth-order valence-corrected chi connectivity index (χ4v) is 1.31. The van der Waals surface area contributed by atoms with Crippen LogP contribution in [0.1, 0.15) is 0 Å². The van der Waals surface area contributed by atoms with E-state index in [9.17, 15) is 22.4 Å². The van der Waals surface area contributed by atoms with Crippen molar-refractivity contribution in [3.63, 3.8) is 0 Å². The van der Waals surface area contributed by atoms with E-state index in [1.807, 2.05) is 0 Å². The summed E-state index contributed by atoms with van der Waals surface area (Å²) in [6, 6.07) is 2.87. The molecule has 7 nitrogen and oxygen atoms in total. The van der Waals surface area contributed by atoms with Gasteiger partial charge in [0.2, 0.25) is 0 Å². The molecule has 0 saturated heterocycles. The van der Waals surface area contributed by atoms with Gasteiger partial charge in [-0.25, -0.2) is 0 Å². The van der Waals surface area contributed by atoms with Crippen LogP contribution in [0, 0.1) is 10.1 Å². The number of benzene rings is 1. The van der Waals surface area contributed by atoms with Crippen LogP contribution in [0.5, 0.6) is 11.5 Å². The zero-order chi connectivity index (χ0) is 12.3. The van der Waals surface area contributed by atoms with Crippen LogP contribution in [0.3, 0.4) is 0 Å². The fraction of sp³-hybridized carbons (Fsp3) is 0.143. The first-order chi connectivity index (χ1) is 7.33. The zero-order valence-electron chi connectivity index (χ0n) is 7.91. The number of rotatable bonds is 4. The Hall–Kier alpha value is -1.90. The Morgan fingerprint density at radius 2 is 2.06 bits per heavy atom. The molecule has 1 aromatic carbocycles. The van der Waals surface area contributed by atoms with Crippen LogP contribution in [-0.4, -0.2) is 20.5 Å². The van der Waals surface area contributed by atoms with E-state index in [4.69, 9.17) is 0 Å². The summed E-state index contributed by atoms with van der Waals surface area (Å²) in [5.74, 6) is -0.594. The van der Waals surface area contributed by atoms with Crippen molar-refractivity contribution in [2.75, 3.05) is 7.11 Å². The van der Waals surface area contributed by atoms with Gasteiger partial charge in [-0.05, 0) is 12.1 Å². The molecule has 0 aliphatic heterocycles. The molecule has 0 saturated carbocycles. The molecule has 1 aromatic rings. The van der Waals surface area contributed by atoms with Gasteiger partial charge in [0.05, 0.1) is 18.1 Å². The third kappa shape index (κ3) is 3.05.